The van der Waals surface area contributed by atoms with E-state index in [1.807, 2.05) is 13.0 Å². The van der Waals surface area contributed by atoms with Gasteiger partial charge in [-0.25, -0.2) is 0 Å². The highest BCUT2D eigenvalue weighted by molar-refractivity contribution is 5.93. The Morgan fingerprint density at radius 1 is 1.09 bits per heavy atom. The Kier molecular flexibility index (Phi) is 5.26. The van der Waals surface area contributed by atoms with Crippen LogP contribution in [0.5, 0.6) is 0 Å². The average molecular weight is 302 g/mol. The first kappa shape index (κ1) is 15.7. The zero-order valence-electron chi connectivity index (χ0n) is 12.5. The number of hydrogen-bond acceptors (Lipinski definition) is 4. The van der Waals surface area contributed by atoms with Crippen LogP contribution in [0.4, 0.5) is 11.4 Å². The second-order valence-electron chi connectivity index (χ2n) is 4.76. The third kappa shape index (κ3) is 4.71. The molecule has 0 unspecified atom stereocenters. The van der Waals surface area contributed by atoms with E-state index < -0.39 is 0 Å². The molecule has 2 rings (SSSR count). The van der Waals surface area contributed by atoms with E-state index in [-0.39, 0.29) is 25.0 Å². The number of aromatic nitrogens is 2. The van der Waals surface area contributed by atoms with Crippen molar-refractivity contribution < 1.29 is 14.3 Å². The van der Waals surface area contributed by atoms with Crippen molar-refractivity contribution in [2.24, 2.45) is 0 Å². The minimum absolute atomic E-state index is 0.00176. The molecule has 0 bridgehead atoms. The van der Waals surface area contributed by atoms with Crippen molar-refractivity contribution >= 4 is 23.2 Å². The fraction of sp³-hybridized carbons (Fsp3) is 0.267. The van der Waals surface area contributed by atoms with Crippen molar-refractivity contribution in [2.75, 3.05) is 24.4 Å². The maximum absolute atomic E-state index is 11.9. The van der Waals surface area contributed by atoms with Crippen LogP contribution >= 0.6 is 0 Å². The van der Waals surface area contributed by atoms with Gasteiger partial charge in [-0.3, -0.25) is 14.3 Å². The van der Waals surface area contributed by atoms with Gasteiger partial charge in [0, 0.05) is 24.7 Å². The summed E-state index contributed by atoms with van der Waals surface area (Å²) in [7, 11) is 1.46. The highest BCUT2D eigenvalue weighted by atomic mass is 16.5. The lowest BCUT2D eigenvalue weighted by Gasteiger charge is -2.08. The number of benzene rings is 1. The van der Waals surface area contributed by atoms with Gasteiger partial charge in [0.2, 0.25) is 11.8 Å². The van der Waals surface area contributed by atoms with Gasteiger partial charge >= 0.3 is 0 Å². The second kappa shape index (κ2) is 7.37. The van der Waals surface area contributed by atoms with Gasteiger partial charge in [-0.05, 0) is 37.3 Å². The van der Waals surface area contributed by atoms with E-state index >= 15 is 0 Å². The zero-order chi connectivity index (χ0) is 15.9. The van der Waals surface area contributed by atoms with Crippen LogP contribution in [0, 0.1) is 6.92 Å². The molecular formula is C15H18N4O3. The van der Waals surface area contributed by atoms with Crippen molar-refractivity contribution in [1.82, 2.24) is 9.78 Å². The Balaban J connectivity index is 1.87. The predicted octanol–water partition coefficient (Wildman–Crippen LogP) is 1.42. The quantitative estimate of drug-likeness (QED) is 0.845. The average Bonchev–Trinajstić information content (AvgIpc) is 2.86. The van der Waals surface area contributed by atoms with Crippen molar-refractivity contribution in [3.05, 3.63) is 42.2 Å². The minimum Gasteiger partial charge on any atom is -0.375 e. The number of nitrogens with zero attached hydrogens (tertiary/aromatic N) is 2. The Labute approximate surface area is 128 Å². The maximum Gasteiger partial charge on any atom is 0.250 e. The van der Waals surface area contributed by atoms with Crippen molar-refractivity contribution in [3.63, 3.8) is 0 Å². The number of rotatable bonds is 6. The predicted molar refractivity (Wildman–Crippen MR) is 82.5 cm³/mol. The standard InChI is InChI=1S/C15H18N4O3/c1-11-7-8-19(18-11)9-14(20)16-12-3-5-13(6-4-12)17-15(21)10-22-2/h3-8H,9-10H2,1-2H3,(H,16,20)(H,17,21). The summed E-state index contributed by atoms with van der Waals surface area (Å²) in [5.41, 5.74) is 2.16. The summed E-state index contributed by atoms with van der Waals surface area (Å²) < 4.78 is 6.31. The number of carbonyl (C=O) groups excluding carboxylic acids is 2. The number of methoxy groups -OCH3 is 1. The van der Waals surface area contributed by atoms with Gasteiger partial charge in [-0.2, -0.15) is 5.10 Å². The van der Waals surface area contributed by atoms with Crippen molar-refractivity contribution in [2.45, 2.75) is 13.5 Å². The van der Waals surface area contributed by atoms with Gasteiger partial charge in [0.25, 0.3) is 0 Å². The fourth-order valence-corrected chi connectivity index (χ4v) is 1.86. The third-order valence-corrected chi connectivity index (χ3v) is 2.81. The SMILES string of the molecule is COCC(=O)Nc1ccc(NC(=O)Cn2ccc(C)n2)cc1. The molecule has 0 saturated heterocycles. The molecule has 0 saturated carbocycles. The molecule has 7 heteroatoms. The molecule has 1 heterocycles. The molecule has 116 valence electrons. The number of carbonyl (C=O) groups is 2. The summed E-state index contributed by atoms with van der Waals surface area (Å²) in [6, 6.07) is 8.69. The molecule has 0 aliphatic carbocycles. The number of hydrogen-bond donors (Lipinski definition) is 2. The van der Waals surface area contributed by atoms with Gasteiger partial charge in [-0.15, -0.1) is 0 Å². The summed E-state index contributed by atoms with van der Waals surface area (Å²) in [6.45, 7) is 2.02. The molecular weight excluding hydrogens is 284 g/mol. The lowest BCUT2D eigenvalue weighted by molar-refractivity contribution is -0.119. The molecule has 22 heavy (non-hydrogen) atoms. The fourth-order valence-electron chi connectivity index (χ4n) is 1.86. The first-order chi connectivity index (χ1) is 10.6. The highest BCUT2D eigenvalue weighted by Crippen LogP contribution is 2.13. The first-order valence-corrected chi connectivity index (χ1v) is 6.75. The largest absolute Gasteiger partial charge is 0.375 e. The number of amides is 2. The van der Waals surface area contributed by atoms with Crippen LogP contribution in [-0.4, -0.2) is 35.3 Å². The molecule has 0 spiro atoms. The van der Waals surface area contributed by atoms with E-state index in [1.54, 1.807) is 35.1 Å². The Bertz CT molecular complexity index is 649. The normalized spacial score (nSPS) is 10.3. The third-order valence-electron chi connectivity index (χ3n) is 2.81. The van der Waals surface area contributed by atoms with E-state index in [2.05, 4.69) is 15.7 Å². The Morgan fingerprint density at radius 3 is 2.18 bits per heavy atom. The van der Waals surface area contributed by atoms with Crippen LogP contribution in [0.3, 0.4) is 0 Å². The molecule has 7 nitrogen and oxygen atoms in total. The van der Waals surface area contributed by atoms with Gasteiger partial charge in [0.05, 0.1) is 5.69 Å². The van der Waals surface area contributed by atoms with Crippen LogP contribution in [0.1, 0.15) is 5.69 Å². The Morgan fingerprint density at radius 2 is 1.68 bits per heavy atom. The minimum atomic E-state index is -0.228. The first-order valence-electron chi connectivity index (χ1n) is 6.75. The van der Waals surface area contributed by atoms with E-state index in [1.165, 1.54) is 7.11 Å². The monoisotopic (exact) mass is 302 g/mol. The smallest absolute Gasteiger partial charge is 0.250 e. The van der Waals surface area contributed by atoms with Gasteiger partial charge in [-0.1, -0.05) is 0 Å². The molecule has 1 aromatic heterocycles. The summed E-state index contributed by atoms with van der Waals surface area (Å²) in [4.78, 5) is 23.2. The molecule has 1 aromatic carbocycles. The summed E-state index contributed by atoms with van der Waals surface area (Å²) >= 11 is 0. The van der Waals surface area contributed by atoms with Gasteiger partial charge in [0.15, 0.2) is 0 Å². The van der Waals surface area contributed by atoms with E-state index in [4.69, 9.17) is 4.74 Å². The molecule has 2 N–H and O–H groups in total. The van der Waals surface area contributed by atoms with Crippen LogP contribution in [0.15, 0.2) is 36.5 Å². The van der Waals surface area contributed by atoms with Crippen molar-refractivity contribution in [3.8, 4) is 0 Å². The van der Waals surface area contributed by atoms with E-state index in [0.717, 1.165) is 5.69 Å². The lowest BCUT2D eigenvalue weighted by atomic mass is 10.2. The zero-order valence-corrected chi connectivity index (χ0v) is 12.5. The highest BCUT2D eigenvalue weighted by Gasteiger charge is 2.05. The molecule has 0 fully saturated rings. The van der Waals surface area contributed by atoms with Gasteiger partial charge < -0.3 is 15.4 Å². The topological polar surface area (TPSA) is 85.3 Å². The van der Waals surface area contributed by atoms with E-state index in [9.17, 15) is 9.59 Å². The summed E-state index contributed by atoms with van der Waals surface area (Å²) in [5, 5.41) is 9.60. The number of ether oxygens (including phenoxy) is 1. The lowest BCUT2D eigenvalue weighted by Crippen LogP contribution is -2.19. The summed E-state index contributed by atoms with van der Waals surface area (Å²) in [5.74, 6) is -0.396. The second-order valence-corrected chi connectivity index (χ2v) is 4.76. The maximum atomic E-state index is 11.9. The van der Waals surface area contributed by atoms with Crippen LogP contribution in [-0.2, 0) is 20.9 Å². The van der Waals surface area contributed by atoms with Crippen LogP contribution < -0.4 is 10.6 Å². The molecule has 0 atom stereocenters. The number of nitrogens with one attached hydrogen (secondary N) is 2. The van der Waals surface area contributed by atoms with Crippen molar-refractivity contribution in [1.29, 1.82) is 0 Å². The Hall–Kier alpha value is -2.67. The molecule has 0 aliphatic heterocycles. The molecule has 0 aliphatic rings. The number of aryl methyl sites for hydroxylation is 1. The number of anilines is 2. The summed E-state index contributed by atoms with van der Waals surface area (Å²) in [6.07, 6.45) is 1.75. The van der Waals surface area contributed by atoms with E-state index in [0.29, 0.717) is 11.4 Å². The molecule has 0 radical (unpaired) electrons. The van der Waals surface area contributed by atoms with Gasteiger partial charge in [0.1, 0.15) is 13.2 Å². The van der Waals surface area contributed by atoms with Crippen LogP contribution in [0.25, 0.3) is 0 Å². The van der Waals surface area contributed by atoms with Crippen LogP contribution in [0.2, 0.25) is 0 Å². The molecule has 2 amide bonds. The molecule has 2 aromatic rings.